The van der Waals surface area contributed by atoms with Gasteiger partial charge in [-0.2, -0.15) is 5.10 Å². The van der Waals surface area contributed by atoms with Crippen molar-refractivity contribution >= 4 is 11.6 Å². The van der Waals surface area contributed by atoms with Crippen molar-refractivity contribution in [2.24, 2.45) is 11.0 Å². The molecule has 2 rings (SSSR count). The van der Waals surface area contributed by atoms with Gasteiger partial charge in [0, 0.05) is 11.9 Å². The maximum atomic E-state index is 11.7. The van der Waals surface area contributed by atoms with E-state index in [9.17, 15) is 4.79 Å². The molecule has 1 heterocycles. The van der Waals surface area contributed by atoms with Gasteiger partial charge < -0.3 is 0 Å². The second-order valence-corrected chi connectivity index (χ2v) is 4.54. The average molecular weight is 231 g/mol. The minimum atomic E-state index is -0.240. The zero-order valence-corrected chi connectivity index (χ0v) is 10.0. The fraction of sp³-hybridized carbons (Fsp3) is 0.462. The third kappa shape index (κ3) is 3.37. The summed E-state index contributed by atoms with van der Waals surface area (Å²) in [7, 11) is 0. The summed E-state index contributed by atoms with van der Waals surface area (Å²) < 4.78 is 0. The van der Waals surface area contributed by atoms with Gasteiger partial charge in [-0.15, -0.1) is 0 Å². The molecule has 0 saturated heterocycles. The Labute approximate surface area is 101 Å². The Morgan fingerprint density at radius 1 is 1.53 bits per heavy atom. The number of hydrazone groups is 1. The molecule has 0 aromatic carbocycles. The molecular formula is C13H17N3O. The molecule has 1 amide bonds. The van der Waals surface area contributed by atoms with E-state index in [-0.39, 0.29) is 5.91 Å². The quantitative estimate of drug-likeness (QED) is 0.794. The second kappa shape index (κ2) is 5.57. The van der Waals surface area contributed by atoms with Crippen LogP contribution in [0, 0.1) is 5.92 Å². The van der Waals surface area contributed by atoms with Gasteiger partial charge in [0.15, 0.2) is 0 Å². The first-order chi connectivity index (χ1) is 8.25. The molecule has 1 atom stereocenters. The number of aromatic nitrogens is 1. The Bertz CT molecular complexity index is 414. The van der Waals surface area contributed by atoms with E-state index < -0.39 is 0 Å². The van der Waals surface area contributed by atoms with Crippen molar-refractivity contribution in [1.82, 2.24) is 10.4 Å². The molecular weight excluding hydrogens is 214 g/mol. The predicted molar refractivity (Wildman–Crippen MR) is 66.8 cm³/mol. The van der Waals surface area contributed by atoms with Crippen LogP contribution >= 0.6 is 0 Å². The average Bonchev–Trinajstić information content (AvgIpc) is 2.37. The lowest BCUT2D eigenvalue weighted by molar-refractivity contribution is 0.0949. The SMILES string of the molecule is CC1CCC/C(=N\NC(=O)c2ccccn2)C1. The van der Waals surface area contributed by atoms with Gasteiger partial charge in [0.25, 0.3) is 5.91 Å². The van der Waals surface area contributed by atoms with Gasteiger partial charge in [-0.3, -0.25) is 9.78 Å². The lowest BCUT2D eigenvalue weighted by Gasteiger charge is -2.18. The number of hydrogen-bond donors (Lipinski definition) is 1. The highest BCUT2D eigenvalue weighted by atomic mass is 16.2. The summed E-state index contributed by atoms with van der Waals surface area (Å²) in [6, 6.07) is 5.25. The predicted octanol–water partition coefficient (Wildman–Crippen LogP) is 2.38. The first kappa shape index (κ1) is 11.8. The molecule has 0 bridgehead atoms. The molecule has 17 heavy (non-hydrogen) atoms. The third-order valence-electron chi connectivity index (χ3n) is 2.96. The van der Waals surface area contributed by atoms with Crippen LogP contribution in [-0.2, 0) is 0 Å². The van der Waals surface area contributed by atoms with Gasteiger partial charge in [0.2, 0.25) is 0 Å². The standard InChI is InChI=1S/C13H17N3O/c1-10-5-4-6-11(9-10)15-16-13(17)12-7-2-3-8-14-12/h2-3,7-8,10H,4-6,9H2,1H3,(H,16,17)/b15-11+. The number of pyridine rings is 1. The van der Waals surface area contributed by atoms with Crippen molar-refractivity contribution < 1.29 is 4.79 Å². The summed E-state index contributed by atoms with van der Waals surface area (Å²) in [6.07, 6.45) is 6.01. The van der Waals surface area contributed by atoms with Crippen molar-refractivity contribution in [2.75, 3.05) is 0 Å². The number of carbonyl (C=O) groups is 1. The van der Waals surface area contributed by atoms with Gasteiger partial charge in [-0.05, 0) is 43.7 Å². The summed E-state index contributed by atoms with van der Waals surface area (Å²) in [5.41, 5.74) is 4.07. The van der Waals surface area contributed by atoms with E-state index in [1.54, 1.807) is 24.4 Å². The normalized spacial score (nSPS) is 22.4. The minimum Gasteiger partial charge on any atom is -0.266 e. The summed E-state index contributed by atoms with van der Waals surface area (Å²) in [6.45, 7) is 2.22. The molecule has 1 aromatic heterocycles. The van der Waals surface area contributed by atoms with Crippen LogP contribution < -0.4 is 5.43 Å². The number of rotatable bonds is 2. The van der Waals surface area contributed by atoms with Gasteiger partial charge in [-0.25, -0.2) is 5.43 Å². The maximum Gasteiger partial charge on any atom is 0.289 e. The zero-order valence-electron chi connectivity index (χ0n) is 10.0. The Hall–Kier alpha value is -1.71. The van der Waals surface area contributed by atoms with Crippen LogP contribution in [0.1, 0.15) is 43.1 Å². The third-order valence-corrected chi connectivity index (χ3v) is 2.96. The van der Waals surface area contributed by atoms with E-state index >= 15 is 0 Å². The molecule has 4 heteroatoms. The number of hydrogen-bond acceptors (Lipinski definition) is 3. The molecule has 0 aliphatic heterocycles. The molecule has 1 N–H and O–H groups in total. The number of carbonyl (C=O) groups excluding carboxylic acids is 1. The summed E-state index contributed by atoms with van der Waals surface area (Å²) >= 11 is 0. The second-order valence-electron chi connectivity index (χ2n) is 4.54. The number of nitrogens with zero attached hydrogens (tertiary/aromatic N) is 2. The first-order valence-electron chi connectivity index (χ1n) is 6.02. The van der Waals surface area contributed by atoms with Crippen molar-refractivity contribution in [1.29, 1.82) is 0 Å². The maximum absolute atomic E-state index is 11.7. The van der Waals surface area contributed by atoms with E-state index in [0.29, 0.717) is 11.6 Å². The summed E-state index contributed by atoms with van der Waals surface area (Å²) in [5.74, 6) is 0.436. The lowest BCUT2D eigenvalue weighted by Crippen LogP contribution is -2.22. The lowest BCUT2D eigenvalue weighted by atomic mass is 9.89. The molecule has 90 valence electrons. The Kier molecular flexibility index (Phi) is 3.85. The molecule has 1 fully saturated rings. The van der Waals surface area contributed by atoms with E-state index in [1.807, 2.05) is 0 Å². The Balaban J connectivity index is 1.93. The van der Waals surface area contributed by atoms with Crippen LogP contribution in [0.4, 0.5) is 0 Å². The molecule has 1 aromatic rings. The van der Waals surface area contributed by atoms with Crippen molar-refractivity contribution in [3.05, 3.63) is 30.1 Å². The van der Waals surface area contributed by atoms with Crippen LogP contribution in [0.5, 0.6) is 0 Å². The van der Waals surface area contributed by atoms with Crippen LogP contribution in [-0.4, -0.2) is 16.6 Å². The topological polar surface area (TPSA) is 54.4 Å². The van der Waals surface area contributed by atoms with E-state index in [2.05, 4.69) is 22.4 Å². The van der Waals surface area contributed by atoms with Gasteiger partial charge >= 0.3 is 0 Å². The smallest absolute Gasteiger partial charge is 0.266 e. The Morgan fingerprint density at radius 3 is 3.12 bits per heavy atom. The summed E-state index contributed by atoms with van der Waals surface area (Å²) in [5, 5.41) is 4.19. The number of nitrogens with one attached hydrogen (secondary N) is 1. The highest BCUT2D eigenvalue weighted by Gasteiger charge is 2.14. The first-order valence-corrected chi connectivity index (χ1v) is 6.02. The van der Waals surface area contributed by atoms with Gasteiger partial charge in [0.1, 0.15) is 5.69 Å². The highest BCUT2D eigenvalue weighted by Crippen LogP contribution is 2.20. The molecule has 1 saturated carbocycles. The molecule has 1 aliphatic carbocycles. The van der Waals surface area contributed by atoms with Crippen LogP contribution in [0.25, 0.3) is 0 Å². The fourth-order valence-corrected chi connectivity index (χ4v) is 2.05. The molecule has 4 nitrogen and oxygen atoms in total. The number of amides is 1. The monoisotopic (exact) mass is 231 g/mol. The van der Waals surface area contributed by atoms with E-state index in [0.717, 1.165) is 18.6 Å². The highest BCUT2D eigenvalue weighted by molar-refractivity contribution is 5.93. The van der Waals surface area contributed by atoms with Gasteiger partial charge in [-0.1, -0.05) is 13.0 Å². The van der Waals surface area contributed by atoms with Crippen molar-refractivity contribution in [3.63, 3.8) is 0 Å². The van der Waals surface area contributed by atoms with Crippen LogP contribution in [0.15, 0.2) is 29.5 Å². The Morgan fingerprint density at radius 2 is 2.41 bits per heavy atom. The molecule has 0 radical (unpaired) electrons. The van der Waals surface area contributed by atoms with Crippen LogP contribution in [0.2, 0.25) is 0 Å². The largest absolute Gasteiger partial charge is 0.289 e. The summed E-state index contributed by atoms with van der Waals surface area (Å²) in [4.78, 5) is 15.7. The van der Waals surface area contributed by atoms with Crippen molar-refractivity contribution in [3.8, 4) is 0 Å². The van der Waals surface area contributed by atoms with E-state index in [1.165, 1.54) is 12.8 Å². The molecule has 1 unspecified atom stereocenters. The molecule has 1 aliphatic rings. The van der Waals surface area contributed by atoms with Gasteiger partial charge in [0.05, 0.1) is 0 Å². The fourth-order valence-electron chi connectivity index (χ4n) is 2.05. The van der Waals surface area contributed by atoms with Crippen molar-refractivity contribution in [2.45, 2.75) is 32.6 Å². The van der Waals surface area contributed by atoms with E-state index in [4.69, 9.17) is 0 Å². The minimum absolute atomic E-state index is 0.240. The zero-order chi connectivity index (χ0) is 12.1. The van der Waals surface area contributed by atoms with Crippen LogP contribution in [0.3, 0.4) is 0 Å². The molecule has 0 spiro atoms.